The number of nitrogens with one attached hydrogen (secondary N) is 1. The van der Waals surface area contributed by atoms with Crippen molar-refractivity contribution < 1.29 is 49.3 Å². The van der Waals surface area contributed by atoms with Crippen LogP contribution in [0.15, 0.2) is 36.5 Å². The lowest BCUT2D eigenvalue weighted by Gasteiger charge is -2.40. The Balaban J connectivity index is 2.22. The average Bonchev–Trinajstić information content (AvgIpc) is 3.29. The smallest absolute Gasteiger partial charge is 0.305 e. The Labute approximate surface area is 390 Å². The first kappa shape index (κ1) is 59.9. The molecule has 1 aliphatic rings. The number of aliphatic hydroxyl groups is 5. The first-order valence-electron chi connectivity index (χ1n) is 26.3. The number of carbonyl (C=O) groups is 2. The van der Waals surface area contributed by atoms with Crippen molar-refractivity contribution in [1.82, 2.24) is 5.32 Å². The topological polar surface area (TPSA) is 175 Å². The largest absolute Gasteiger partial charge is 0.466 e. The Hall–Kier alpha value is -2.12. The zero-order valence-corrected chi connectivity index (χ0v) is 40.7. The summed E-state index contributed by atoms with van der Waals surface area (Å²) in [6.07, 6.45) is 40.9. The molecule has 0 aromatic rings. The summed E-state index contributed by atoms with van der Waals surface area (Å²) in [7, 11) is 0. The summed E-state index contributed by atoms with van der Waals surface area (Å²) in [5, 5.41) is 54.1. The quantitative estimate of drug-likeness (QED) is 0.0196. The van der Waals surface area contributed by atoms with Gasteiger partial charge in [-0.1, -0.05) is 198 Å². The zero-order chi connectivity index (χ0) is 46.7. The van der Waals surface area contributed by atoms with Crippen molar-refractivity contribution in [3.05, 3.63) is 36.5 Å². The molecule has 374 valence electrons. The van der Waals surface area contributed by atoms with Crippen LogP contribution in [-0.2, 0) is 23.8 Å². The highest BCUT2D eigenvalue weighted by Gasteiger charge is 2.44. The summed E-state index contributed by atoms with van der Waals surface area (Å²) in [5.41, 5.74) is 0. The molecule has 0 saturated carbocycles. The first-order valence-corrected chi connectivity index (χ1v) is 26.3. The molecule has 7 unspecified atom stereocenters. The molecule has 6 N–H and O–H groups in total. The molecule has 1 rings (SSSR count). The van der Waals surface area contributed by atoms with Crippen LogP contribution in [0.25, 0.3) is 0 Å². The van der Waals surface area contributed by atoms with E-state index in [4.69, 9.17) is 14.2 Å². The highest BCUT2D eigenvalue weighted by atomic mass is 16.7. The number of amides is 1. The third-order valence-electron chi connectivity index (χ3n) is 12.3. The highest BCUT2D eigenvalue weighted by molar-refractivity contribution is 5.76. The van der Waals surface area contributed by atoms with Crippen LogP contribution >= 0.6 is 0 Å². The van der Waals surface area contributed by atoms with E-state index < -0.39 is 49.5 Å². The lowest BCUT2D eigenvalue weighted by Crippen LogP contribution is -2.60. The number of unbranched alkanes of at least 4 members (excludes halogenated alkanes) is 26. The van der Waals surface area contributed by atoms with Crippen molar-refractivity contribution in [2.45, 2.75) is 269 Å². The number of allylic oxidation sites excluding steroid dienone is 5. The van der Waals surface area contributed by atoms with Crippen molar-refractivity contribution in [1.29, 1.82) is 0 Å². The summed E-state index contributed by atoms with van der Waals surface area (Å²) < 4.78 is 16.6. The van der Waals surface area contributed by atoms with E-state index in [2.05, 4.69) is 31.3 Å². The fourth-order valence-electron chi connectivity index (χ4n) is 8.01. The SMILES string of the molecule is CCCCCCCCCCC/C=C/C(O)C(COC1OC(CO)C(O)C(O)C1O)NC(=O)CC/C=C\C/C=C\CCCCCCCCOC(=O)CCCCCCCCCCCCCC. The molecule has 1 heterocycles. The monoisotopic (exact) mass is 908 g/mol. The standard InChI is InChI=1S/C53H97NO10/c1-3-5-7-9-11-13-15-21-25-29-33-37-41-49(58)62-42-38-34-30-26-22-18-16-17-20-24-28-32-36-40-48(57)54-45(44-63-53-52(61)51(60)50(59)47(43-55)64-53)46(56)39-35-31-27-23-19-14-12-10-8-6-4-2/h17,20,28,32,35,39,45-47,50-53,55-56,59-61H,3-16,18-19,21-27,29-31,33-34,36-38,40-44H2,1-2H3,(H,54,57)/b20-17-,32-28-,39-35+. The van der Waals surface area contributed by atoms with Crippen molar-refractivity contribution >= 4 is 11.9 Å². The molecule has 1 aliphatic heterocycles. The van der Waals surface area contributed by atoms with Gasteiger partial charge in [0.2, 0.25) is 5.91 Å². The molecule has 7 atom stereocenters. The number of ether oxygens (including phenoxy) is 3. The number of hydrogen-bond donors (Lipinski definition) is 6. The fourth-order valence-corrected chi connectivity index (χ4v) is 8.01. The van der Waals surface area contributed by atoms with E-state index in [1.54, 1.807) is 6.08 Å². The van der Waals surface area contributed by atoms with Crippen LogP contribution < -0.4 is 5.32 Å². The molecule has 1 fully saturated rings. The van der Waals surface area contributed by atoms with Crippen LogP contribution in [-0.4, -0.2) is 100 Å². The van der Waals surface area contributed by atoms with Crippen molar-refractivity contribution in [3.8, 4) is 0 Å². The van der Waals surface area contributed by atoms with Crippen LogP contribution in [0.2, 0.25) is 0 Å². The van der Waals surface area contributed by atoms with Gasteiger partial charge in [-0.05, 0) is 51.4 Å². The van der Waals surface area contributed by atoms with Crippen LogP contribution in [0.1, 0.15) is 226 Å². The molecule has 0 aliphatic carbocycles. The Kier molecular flexibility index (Phi) is 40.7. The van der Waals surface area contributed by atoms with E-state index in [0.29, 0.717) is 19.4 Å². The van der Waals surface area contributed by atoms with Crippen molar-refractivity contribution in [3.63, 3.8) is 0 Å². The van der Waals surface area contributed by atoms with Gasteiger partial charge in [-0.2, -0.15) is 0 Å². The summed E-state index contributed by atoms with van der Waals surface area (Å²) in [4.78, 5) is 25.0. The summed E-state index contributed by atoms with van der Waals surface area (Å²) >= 11 is 0. The minimum Gasteiger partial charge on any atom is -0.466 e. The van der Waals surface area contributed by atoms with Crippen molar-refractivity contribution in [2.24, 2.45) is 0 Å². The third kappa shape index (κ3) is 33.4. The Morgan fingerprint density at radius 3 is 1.61 bits per heavy atom. The van der Waals surface area contributed by atoms with Crippen LogP contribution in [0.3, 0.4) is 0 Å². The fraction of sp³-hybridized carbons (Fsp3) is 0.849. The second-order valence-electron chi connectivity index (χ2n) is 18.2. The molecule has 1 saturated heterocycles. The van der Waals surface area contributed by atoms with E-state index >= 15 is 0 Å². The molecular weight excluding hydrogens is 811 g/mol. The van der Waals surface area contributed by atoms with Crippen LogP contribution in [0, 0.1) is 0 Å². The third-order valence-corrected chi connectivity index (χ3v) is 12.3. The van der Waals surface area contributed by atoms with Gasteiger partial charge in [0.05, 0.1) is 32.0 Å². The predicted octanol–water partition coefficient (Wildman–Crippen LogP) is 10.8. The Bertz CT molecular complexity index is 1160. The van der Waals surface area contributed by atoms with Crippen LogP contribution in [0.4, 0.5) is 0 Å². The number of rotatable bonds is 44. The second kappa shape index (κ2) is 43.5. The molecule has 0 bridgehead atoms. The number of hydrogen-bond acceptors (Lipinski definition) is 10. The maximum absolute atomic E-state index is 12.9. The minimum absolute atomic E-state index is 0.0393. The number of esters is 1. The van der Waals surface area contributed by atoms with E-state index in [-0.39, 0.29) is 24.9 Å². The Morgan fingerprint density at radius 1 is 0.578 bits per heavy atom. The van der Waals surface area contributed by atoms with Gasteiger partial charge in [0.1, 0.15) is 24.4 Å². The van der Waals surface area contributed by atoms with Gasteiger partial charge in [-0.3, -0.25) is 9.59 Å². The highest BCUT2D eigenvalue weighted by Crippen LogP contribution is 2.23. The molecule has 1 amide bonds. The normalized spacial score (nSPS) is 20.1. The van der Waals surface area contributed by atoms with E-state index in [9.17, 15) is 35.1 Å². The van der Waals surface area contributed by atoms with Gasteiger partial charge in [-0.25, -0.2) is 0 Å². The molecule has 11 nitrogen and oxygen atoms in total. The number of carbonyl (C=O) groups excluding carboxylic acids is 2. The van der Waals surface area contributed by atoms with Crippen molar-refractivity contribution in [2.75, 3.05) is 19.8 Å². The van der Waals surface area contributed by atoms with E-state index in [1.165, 1.54) is 122 Å². The van der Waals surface area contributed by atoms with Gasteiger partial charge in [0.15, 0.2) is 6.29 Å². The van der Waals surface area contributed by atoms with Gasteiger partial charge >= 0.3 is 5.97 Å². The molecule has 11 heteroatoms. The predicted molar refractivity (Wildman–Crippen MR) is 260 cm³/mol. The minimum atomic E-state index is -1.59. The van der Waals surface area contributed by atoms with Crippen LogP contribution in [0.5, 0.6) is 0 Å². The summed E-state index contributed by atoms with van der Waals surface area (Å²) in [6, 6.07) is -0.852. The Morgan fingerprint density at radius 2 is 1.06 bits per heavy atom. The molecule has 64 heavy (non-hydrogen) atoms. The molecule has 0 aromatic heterocycles. The summed E-state index contributed by atoms with van der Waals surface area (Å²) in [5.74, 6) is -0.303. The molecule has 0 aromatic carbocycles. The second-order valence-corrected chi connectivity index (χ2v) is 18.2. The maximum Gasteiger partial charge on any atom is 0.305 e. The first-order chi connectivity index (χ1) is 31.2. The van der Waals surface area contributed by atoms with Gasteiger partial charge in [0.25, 0.3) is 0 Å². The molecular formula is C53H97NO10. The molecule has 0 spiro atoms. The van der Waals surface area contributed by atoms with Gasteiger partial charge < -0.3 is 45.1 Å². The van der Waals surface area contributed by atoms with E-state index in [1.807, 2.05) is 18.2 Å². The lowest BCUT2D eigenvalue weighted by molar-refractivity contribution is -0.302. The average molecular weight is 908 g/mol. The lowest BCUT2D eigenvalue weighted by atomic mass is 9.99. The maximum atomic E-state index is 12.9. The molecule has 0 radical (unpaired) electrons. The summed E-state index contributed by atoms with van der Waals surface area (Å²) in [6.45, 7) is 4.22. The van der Waals surface area contributed by atoms with Gasteiger partial charge in [0, 0.05) is 12.8 Å². The van der Waals surface area contributed by atoms with Gasteiger partial charge in [-0.15, -0.1) is 0 Å². The van der Waals surface area contributed by atoms with E-state index in [0.717, 1.165) is 70.6 Å². The number of aliphatic hydroxyl groups excluding tert-OH is 5. The zero-order valence-electron chi connectivity index (χ0n) is 40.7.